The lowest BCUT2D eigenvalue weighted by Gasteiger charge is -2.23. The highest BCUT2D eigenvalue weighted by Gasteiger charge is 2.13. The van der Waals surface area contributed by atoms with Crippen LogP contribution in [0.15, 0.2) is 0 Å². The van der Waals surface area contributed by atoms with Gasteiger partial charge in [0.25, 0.3) is 0 Å². The van der Waals surface area contributed by atoms with Gasteiger partial charge in [-0.05, 0) is 0 Å². The Morgan fingerprint density at radius 3 is 3.00 bits per heavy atom. The van der Waals surface area contributed by atoms with E-state index in [1.807, 2.05) is 0 Å². The van der Waals surface area contributed by atoms with Gasteiger partial charge >= 0.3 is 6.09 Å². The van der Waals surface area contributed by atoms with Crippen molar-refractivity contribution < 1.29 is 14.6 Å². The van der Waals surface area contributed by atoms with Gasteiger partial charge in [0.05, 0.1) is 12.7 Å². The average Bonchev–Trinajstić information content (AvgIpc) is 2.03. The predicted molar refractivity (Wildman–Crippen MR) is 45.9 cm³/mol. The number of rotatable bonds is 2. The molecule has 0 aromatic heterocycles. The summed E-state index contributed by atoms with van der Waals surface area (Å²) in [5, 5.41) is 13.6. The van der Waals surface area contributed by atoms with Gasteiger partial charge in [-0.1, -0.05) is 0 Å². The first-order valence-electron chi connectivity index (χ1n) is 3.58. The van der Waals surface area contributed by atoms with E-state index in [1.165, 1.54) is 0 Å². The second-order valence-electron chi connectivity index (χ2n) is 2.38. The van der Waals surface area contributed by atoms with Gasteiger partial charge in [0.15, 0.2) is 0 Å². The number of hydrogen-bond donors (Lipinski definition) is 3. The number of ether oxygens (including phenoxy) is 1. The van der Waals surface area contributed by atoms with Crippen LogP contribution in [-0.4, -0.2) is 43.5 Å². The van der Waals surface area contributed by atoms with Crippen molar-refractivity contribution >= 4 is 18.5 Å². The molecule has 1 heterocycles. The van der Waals surface area contributed by atoms with Crippen molar-refractivity contribution in [2.24, 2.45) is 0 Å². The lowest BCUT2D eigenvalue weighted by Crippen LogP contribution is -2.44. The first-order valence-corrected chi connectivity index (χ1v) is 3.58. The van der Waals surface area contributed by atoms with Crippen LogP contribution in [0.5, 0.6) is 0 Å². The number of morpholine rings is 1. The number of hydrogen-bond acceptors (Lipinski definition) is 3. The maximum atomic E-state index is 10.1. The molecule has 0 aromatic rings. The normalized spacial score (nSPS) is 22.5. The van der Waals surface area contributed by atoms with Gasteiger partial charge in [-0.15, -0.1) is 12.4 Å². The lowest BCUT2D eigenvalue weighted by atomic mass is 10.3. The number of amides is 1. The molecule has 1 aliphatic heterocycles. The van der Waals surface area contributed by atoms with Gasteiger partial charge in [0.2, 0.25) is 0 Å². The Morgan fingerprint density at radius 1 is 1.75 bits per heavy atom. The SMILES string of the molecule is Cl.O=C(O)NCC1CNCCO1. The summed E-state index contributed by atoms with van der Waals surface area (Å²) in [6, 6.07) is 0. The van der Waals surface area contributed by atoms with E-state index in [-0.39, 0.29) is 18.5 Å². The Morgan fingerprint density at radius 2 is 2.50 bits per heavy atom. The third-order valence-corrected chi connectivity index (χ3v) is 1.49. The van der Waals surface area contributed by atoms with Crippen LogP contribution in [0.4, 0.5) is 4.79 Å². The standard InChI is InChI=1S/C6H12N2O3.ClH/c9-6(10)8-4-5-3-7-1-2-11-5;/h5,7-8H,1-4H2,(H,9,10);1H. The van der Waals surface area contributed by atoms with Crippen molar-refractivity contribution in [1.29, 1.82) is 0 Å². The molecule has 0 saturated carbocycles. The zero-order valence-electron chi connectivity index (χ0n) is 6.58. The molecule has 1 aliphatic rings. The zero-order chi connectivity index (χ0) is 8.10. The molecule has 0 aromatic carbocycles. The van der Waals surface area contributed by atoms with Crippen LogP contribution in [0, 0.1) is 0 Å². The van der Waals surface area contributed by atoms with Crippen molar-refractivity contribution in [3.05, 3.63) is 0 Å². The van der Waals surface area contributed by atoms with Gasteiger partial charge in [0.1, 0.15) is 0 Å². The summed E-state index contributed by atoms with van der Waals surface area (Å²) in [6.07, 6.45) is -1.01. The Hall–Kier alpha value is -0.520. The summed E-state index contributed by atoms with van der Waals surface area (Å²) >= 11 is 0. The molecule has 1 rings (SSSR count). The number of halogens is 1. The molecule has 1 atom stereocenters. The molecule has 1 amide bonds. The summed E-state index contributed by atoms with van der Waals surface area (Å²) in [7, 11) is 0. The molecule has 0 radical (unpaired) electrons. The minimum absolute atomic E-state index is 0. The molecule has 12 heavy (non-hydrogen) atoms. The molecule has 0 bridgehead atoms. The van der Waals surface area contributed by atoms with Crippen LogP contribution >= 0.6 is 12.4 Å². The first-order chi connectivity index (χ1) is 5.29. The van der Waals surface area contributed by atoms with Crippen LogP contribution in [-0.2, 0) is 4.74 Å². The van der Waals surface area contributed by atoms with Gasteiger partial charge in [0, 0.05) is 19.6 Å². The minimum atomic E-state index is -1.00. The largest absolute Gasteiger partial charge is 0.465 e. The number of nitrogens with one attached hydrogen (secondary N) is 2. The van der Waals surface area contributed by atoms with Gasteiger partial charge in [-0.3, -0.25) is 0 Å². The summed E-state index contributed by atoms with van der Waals surface area (Å²) in [4.78, 5) is 10.1. The Bertz CT molecular complexity index is 139. The molecule has 3 N–H and O–H groups in total. The summed E-state index contributed by atoms with van der Waals surface area (Å²) in [5.41, 5.74) is 0. The molecule has 1 saturated heterocycles. The molecule has 0 spiro atoms. The molecule has 5 nitrogen and oxygen atoms in total. The Labute approximate surface area is 76.9 Å². The fraction of sp³-hybridized carbons (Fsp3) is 0.833. The fourth-order valence-corrected chi connectivity index (χ4v) is 0.952. The van der Waals surface area contributed by atoms with Crippen molar-refractivity contribution in [2.45, 2.75) is 6.10 Å². The van der Waals surface area contributed by atoms with Crippen LogP contribution in [0.3, 0.4) is 0 Å². The molecular weight excluding hydrogens is 184 g/mol. The van der Waals surface area contributed by atoms with Crippen LogP contribution in [0.25, 0.3) is 0 Å². The molecular formula is C6H13ClN2O3. The fourth-order valence-electron chi connectivity index (χ4n) is 0.952. The van der Waals surface area contributed by atoms with E-state index in [1.54, 1.807) is 0 Å². The van der Waals surface area contributed by atoms with Crippen molar-refractivity contribution in [3.8, 4) is 0 Å². The molecule has 72 valence electrons. The van der Waals surface area contributed by atoms with Gasteiger partial charge < -0.3 is 20.5 Å². The predicted octanol–water partition coefficient (Wildman–Crippen LogP) is -0.336. The molecule has 1 unspecified atom stereocenters. The molecule has 1 fully saturated rings. The smallest absolute Gasteiger partial charge is 0.404 e. The van der Waals surface area contributed by atoms with Gasteiger partial charge in [-0.2, -0.15) is 0 Å². The Kier molecular flexibility index (Phi) is 5.79. The zero-order valence-corrected chi connectivity index (χ0v) is 7.39. The molecule has 0 aliphatic carbocycles. The number of carboxylic acid groups (broad SMARTS) is 1. The first kappa shape index (κ1) is 11.5. The second kappa shape index (κ2) is 6.05. The van der Waals surface area contributed by atoms with Gasteiger partial charge in [-0.25, -0.2) is 4.79 Å². The van der Waals surface area contributed by atoms with Crippen molar-refractivity contribution in [2.75, 3.05) is 26.2 Å². The van der Waals surface area contributed by atoms with E-state index in [4.69, 9.17) is 9.84 Å². The third-order valence-electron chi connectivity index (χ3n) is 1.49. The van der Waals surface area contributed by atoms with Crippen LogP contribution in [0.1, 0.15) is 0 Å². The molecule has 6 heteroatoms. The van der Waals surface area contributed by atoms with Crippen molar-refractivity contribution in [1.82, 2.24) is 10.6 Å². The maximum absolute atomic E-state index is 10.1. The highest BCUT2D eigenvalue weighted by Crippen LogP contribution is 1.93. The minimum Gasteiger partial charge on any atom is -0.465 e. The average molecular weight is 197 g/mol. The second-order valence-corrected chi connectivity index (χ2v) is 2.38. The quantitative estimate of drug-likeness (QED) is 0.566. The topological polar surface area (TPSA) is 70.6 Å². The monoisotopic (exact) mass is 196 g/mol. The van der Waals surface area contributed by atoms with Crippen molar-refractivity contribution in [3.63, 3.8) is 0 Å². The third kappa shape index (κ3) is 4.38. The summed E-state index contributed by atoms with van der Waals surface area (Å²) in [5.74, 6) is 0. The number of carbonyl (C=O) groups is 1. The summed E-state index contributed by atoms with van der Waals surface area (Å²) < 4.78 is 5.24. The van der Waals surface area contributed by atoms with E-state index in [0.29, 0.717) is 13.2 Å². The summed E-state index contributed by atoms with van der Waals surface area (Å²) in [6.45, 7) is 2.60. The Balaban J connectivity index is 0.00000121. The van der Waals surface area contributed by atoms with Crippen LogP contribution < -0.4 is 10.6 Å². The van der Waals surface area contributed by atoms with Crippen LogP contribution in [0.2, 0.25) is 0 Å². The van der Waals surface area contributed by atoms with E-state index in [9.17, 15) is 4.79 Å². The highest BCUT2D eigenvalue weighted by atomic mass is 35.5. The van der Waals surface area contributed by atoms with E-state index in [2.05, 4.69) is 10.6 Å². The van der Waals surface area contributed by atoms with E-state index in [0.717, 1.165) is 13.1 Å². The van der Waals surface area contributed by atoms with E-state index < -0.39 is 6.09 Å². The lowest BCUT2D eigenvalue weighted by molar-refractivity contribution is 0.0295. The van der Waals surface area contributed by atoms with E-state index >= 15 is 0 Å². The highest BCUT2D eigenvalue weighted by molar-refractivity contribution is 5.85. The maximum Gasteiger partial charge on any atom is 0.404 e.